The number of ether oxygens (including phenoxy) is 1. The molecule has 2 aromatic rings. The second kappa shape index (κ2) is 9.17. The number of halogens is 2. The van der Waals surface area contributed by atoms with Crippen molar-refractivity contribution in [3.05, 3.63) is 63.0 Å². The number of anilines is 1. The molecule has 9 heteroatoms. The van der Waals surface area contributed by atoms with Gasteiger partial charge in [-0.25, -0.2) is 4.79 Å². The Balaban J connectivity index is 1.92. The molecule has 1 aliphatic rings. The van der Waals surface area contributed by atoms with E-state index >= 15 is 0 Å². The summed E-state index contributed by atoms with van der Waals surface area (Å²) in [5.74, 6) is -0.978. The minimum absolute atomic E-state index is 0.307. The Labute approximate surface area is 187 Å². The van der Waals surface area contributed by atoms with Crippen LogP contribution in [0.1, 0.15) is 18.9 Å². The maximum atomic E-state index is 13.0. The smallest absolute Gasteiger partial charge is 0.344 e. The zero-order chi connectivity index (χ0) is 21.1. The molecule has 2 aromatic carbocycles. The average molecular weight is 468 g/mol. The summed E-state index contributed by atoms with van der Waals surface area (Å²) >= 11 is 18.5. The Bertz CT molecular complexity index is 1030. The van der Waals surface area contributed by atoms with Crippen molar-refractivity contribution in [2.75, 3.05) is 4.90 Å². The minimum atomic E-state index is -1.05. The van der Waals surface area contributed by atoms with Gasteiger partial charge in [0.2, 0.25) is 0 Å². The summed E-state index contributed by atoms with van der Waals surface area (Å²) in [6.45, 7) is 1.73. The number of rotatable bonds is 6. The molecule has 29 heavy (non-hydrogen) atoms. The van der Waals surface area contributed by atoms with Gasteiger partial charge in [-0.2, -0.15) is 0 Å². The standard InChI is InChI=1S/C20H15Cl2NO4S2/c1-2-15(19(25)26)27-16-6-4-3-5-11(16)9-17-18(24)23(20(28)29-17)12-7-8-13(21)14(22)10-12/h3-10,15H,2H2,1H3,(H,25,26)/b17-9+. The summed E-state index contributed by atoms with van der Waals surface area (Å²) in [6, 6.07) is 11.8. The number of hydrogen-bond donors (Lipinski definition) is 1. The largest absolute Gasteiger partial charge is 0.479 e. The molecule has 0 bridgehead atoms. The van der Waals surface area contributed by atoms with Crippen molar-refractivity contribution < 1.29 is 19.4 Å². The van der Waals surface area contributed by atoms with Crippen LogP contribution in [0.3, 0.4) is 0 Å². The summed E-state index contributed by atoms with van der Waals surface area (Å²) in [5.41, 5.74) is 1.11. The first-order valence-corrected chi connectivity index (χ1v) is 10.5. The van der Waals surface area contributed by atoms with E-state index in [0.717, 1.165) is 11.8 Å². The van der Waals surface area contributed by atoms with E-state index in [1.165, 1.54) is 4.90 Å². The third-order valence-electron chi connectivity index (χ3n) is 4.08. The van der Waals surface area contributed by atoms with Gasteiger partial charge in [0.1, 0.15) is 5.75 Å². The normalized spacial score (nSPS) is 16.4. The molecule has 0 saturated carbocycles. The van der Waals surface area contributed by atoms with Crippen LogP contribution < -0.4 is 9.64 Å². The number of amides is 1. The third kappa shape index (κ3) is 4.75. The quantitative estimate of drug-likeness (QED) is 0.437. The van der Waals surface area contributed by atoms with Gasteiger partial charge in [0, 0.05) is 5.56 Å². The van der Waals surface area contributed by atoms with E-state index in [-0.39, 0.29) is 5.91 Å². The molecule has 0 aromatic heterocycles. The lowest BCUT2D eigenvalue weighted by Crippen LogP contribution is -2.27. The number of carboxylic acid groups (broad SMARTS) is 1. The Morgan fingerprint density at radius 1 is 1.28 bits per heavy atom. The highest BCUT2D eigenvalue weighted by atomic mass is 35.5. The van der Waals surface area contributed by atoms with Crippen molar-refractivity contribution in [3.63, 3.8) is 0 Å². The third-order valence-corrected chi connectivity index (χ3v) is 6.12. The summed E-state index contributed by atoms with van der Waals surface area (Å²) in [5, 5.41) is 9.95. The van der Waals surface area contributed by atoms with Gasteiger partial charge in [-0.3, -0.25) is 9.69 Å². The van der Waals surface area contributed by atoms with E-state index in [4.69, 9.17) is 40.2 Å². The number of aliphatic carboxylic acids is 1. The van der Waals surface area contributed by atoms with Crippen LogP contribution >= 0.6 is 47.2 Å². The number of para-hydroxylation sites is 1. The first-order valence-electron chi connectivity index (χ1n) is 8.53. The topological polar surface area (TPSA) is 66.8 Å². The van der Waals surface area contributed by atoms with E-state index in [9.17, 15) is 14.7 Å². The van der Waals surface area contributed by atoms with Gasteiger partial charge in [0.05, 0.1) is 20.6 Å². The van der Waals surface area contributed by atoms with E-state index < -0.39 is 12.1 Å². The minimum Gasteiger partial charge on any atom is -0.479 e. The second-order valence-corrected chi connectivity index (χ2v) is 8.50. The van der Waals surface area contributed by atoms with Crippen molar-refractivity contribution in [1.82, 2.24) is 0 Å². The molecule has 1 aliphatic heterocycles. The molecule has 150 valence electrons. The van der Waals surface area contributed by atoms with Crippen LogP contribution in [0.15, 0.2) is 47.4 Å². The number of hydrogen-bond acceptors (Lipinski definition) is 5. The lowest BCUT2D eigenvalue weighted by molar-refractivity contribution is -0.145. The number of carboxylic acids is 1. The van der Waals surface area contributed by atoms with Gasteiger partial charge < -0.3 is 9.84 Å². The SMILES string of the molecule is CCC(Oc1ccccc1/C=C1/SC(=S)N(c2ccc(Cl)c(Cl)c2)C1=O)C(=O)O. The van der Waals surface area contributed by atoms with Crippen LogP contribution in [0.5, 0.6) is 5.75 Å². The fraction of sp³-hybridized carbons (Fsp3) is 0.150. The molecule has 1 amide bonds. The summed E-state index contributed by atoms with van der Waals surface area (Å²) < 4.78 is 5.98. The van der Waals surface area contributed by atoms with Crippen molar-refractivity contribution in [3.8, 4) is 5.75 Å². The molecular formula is C20H15Cl2NO4S2. The van der Waals surface area contributed by atoms with Crippen LogP contribution in [0, 0.1) is 0 Å². The highest BCUT2D eigenvalue weighted by Crippen LogP contribution is 2.38. The van der Waals surface area contributed by atoms with Gasteiger partial charge in [0.15, 0.2) is 10.4 Å². The fourth-order valence-corrected chi connectivity index (χ4v) is 4.21. The van der Waals surface area contributed by atoms with Gasteiger partial charge in [-0.1, -0.05) is 72.3 Å². The average Bonchev–Trinajstić information content (AvgIpc) is 2.96. The predicted molar refractivity (Wildman–Crippen MR) is 121 cm³/mol. The van der Waals surface area contributed by atoms with Crippen molar-refractivity contribution in [1.29, 1.82) is 0 Å². The van der Waals surface area contributed by atoms with Gasteiger partial charge >= 0.3 is 5.97 Å². The Hall–Kier alpha value is -2.06. The lowest BCUT2D eigenvalue weighted by atomic mass is 10.1. The fourth-order valence-electron chi connectivity index (χ4n) is 2.62. The molecule has 1 heterocycles. The summed E-state index contributed by atoms with van der Waals surface area (Å²) in [4.78, 5) is 26.0. The van der Waals surface area contributed by atoms with Crippen LogP contribution in [0.2, 0.25) is 10.0 Å². The van der Waals surface area contributed by atoms with E-state index in [1.54, 1.807) is 55.5 Å². The van der Waals surface area contributed by atoms with Crippen molar-refractivity contribution >= 4 is 75.1 Å². The number of nitrogens with zero attached hydrogens (tertiary/aromatic N) is 1. The lowest BCUT2D eigenvalue weighted by Gasteiger charge is -2.16. The zero-order valence-electron chi connectivity index (χ0n) is 15.1. The predicted octanol–water partition coefficient (Wildman–Crippen LogP) is 5.64. The number of carbonyl (C=O) groups excluding carboxylic acids is 1. The Morgan fingerprint density at radius 3 is 2.66 bits per heavy atom. The molecule has 1 unspecified atom stereocenters. The van der Waals surface area contributed by atoms with Gasteiger partial charge in [0.25, 0.3) is 5.91 Å². The van der Waals surface area contributed by atoms with Crippen molar-refractivity contribution in [2.45, 2.75) is 19.4 Å². The molecule has 0 spiro atoms. The molecule has 1 fully saturated rings. The monoisotopic (exact) mass is 467 g/mol. The maximum absolute atomic E-state index is 13.0. The van der Waals surface area contributed by atoms with E-state index in [2.05, 4.69) is 0 Å². The molecular weight excluding hydrogens is 453 g/mol. The Kier molecular flexibility index (Phi) is 6.85. The van der Waals surface area contributed by atoms with Gasteiger partial charge in [-0.05, 0) is 36.8 Å². The van der Waals surface area contributed by atoms with Gasteiger partial charge in [-0.15, -0.1) is 0 Å². The highest BCUT2D eigenvalue weighted by Gasteiger charge is 2.34. The van der Waals surface area contributed by atoms with E-state index in [1.807, 2.05) is 0 Å². The molecule has 1 atom stereocenters. The van der Waals surface area contributed by atoms with Crippen LogP contribution in [-0.4, -0.2) is 27.4 Å². The molecule has 1 N–H and O–H groups in total. The van der Waals surface area contributed by atoms with Crippen molar-refractivity contribution in [2.24, 2.45) is 0 Å². The first kappa shape index (κ1) is 21.6. The summed E-state index contributed by atoms with van der Waals surface area (Å²) in [6.07, 6.45) is 0.972. The number of thiocarbonyl (C=S) groups is 1. The highest BCUT2D eigenvalue weighted by molar-refractivity contribution is 8.27. The first-order chi connectivity index (χ1) is 13.8. The van der Waals surface area contributed by atoms with Crippen LogP contribution in [0.25, 0.3) is 6.08 Å². The number of carbonyl (C=O) groups is 2. The van der Waals surface area contributed by atoms with E-state index in [0.29, 0.717) is 42.7 Å². The molecule has 5 nitrogen and oxygen atoms in total. The zero-order valence-corrected chi connectivity index (χ0v) is 18.2. The second-order valence-electron chi connectivity index (χ2n) is 6.01. The summed E-state index contributed by atoms with van der Waals surface area (Å²) in [7, 11) is 0. The number of benzene rings is 2. The molecule has 0 aliphatic carbocycles. The maximum Gasteiger partial charge on any atom is 0.344 e. The molecule has 1 saturated heterocycles. The van der Waals surface area contributed by atoms with Crippen LogP contribution in [-0.2, 0) is 9.59 Å². The van der Waals surface area contributed by atoms with Crippen LogP contribution in [0.4, 0.5) is 5.69 Å². The molecule has 0 radical (unpaired) electrons. The number of thioether (sulfide) groups is 1. The Morgan fingerprint density at radius 2 is 2.00 bits per heavy atom. The molecule has 3 rings (SSSR count).